The first-order chi connectivity index (χ1) is 12.5. The molecule has 2 heterocycles. The molecule has 0 aliphatic carbocycles. The Balaban J connectivity index is 1.93. The van der Waals surface area contributed by atoms with E-state index < -0.39 is 0 Å². The first-order valence-electron chi connectivity index (χ1n) is 8.01. The normalized spacial score (nSPS) is 10.8. The average molecular weight is 407 g/mol. The van der Waals surface area contributed by atoms with Crippen LogP contribution in [0.3, 0.4) is 0 Å². The third-order valence-corrected chi connectivity index (χ3v) is 5.03. The SMILES string of the molecule is CCCN(C(=O)c1cnc(C)cn1)c1nc(-c2ccc(Cl)cc2Cl)cs1. The summed E-state index contributed by atoms with van der Waals surface area (Å²) >= 11 is 13.6. The van der Waals surface area contributed by atoms with Crippen LogP contribution in [-0.4, -0.2) is 27.4 Å². The number of amides is 1. The largest absolute Gasteiger partial charge is 0.283 e. The van der Waals surface area contributed by atoms with Crippen molar-refractivity contribution in [3.63, 3.8) is 0 Å². The Kier molecular flexibility index (Phi) is 5.86. The molecule has 2 aromatic heterocycles. The fourth-order valence-corrected chi connectivity index (χ4v) is 3.71. The summed E-state index contributed by atoms with van der Waals surface area (Å²) in [6, 6.07) is 5.26. The third kappa shape index (κ3) is 4.03. The van der Waals surface area contributed by atoms with Gasteiger partial charge in [-0.25, -0.2) is 9.97 Å². The Morgan fingerprint density at radius 1 is 1.23 bits per heavy atom. The van der Waals surface area contributed by atoms with E-state index in [0.717, 1.165) is 17.7 Å². The van der Waals surface area contributed by atoms with Crippen molar-refractivity contribution in [3.05, 3.63) is 57.4 Å². The highest BCUT2D eigenvalue weighted by atomic mass is 35.5. The number of anilines is 1. The summed E-state index contributed by atoms with van der Waals surface area (Å²) in [4.78, 5) is 27.4. The second-order valence-electron chi connectivity index (χ2n) is 5.64. The number of benzene rings is 1. The maximum atomic E-state index is 12.9. The maximum absolute atomic E-state index is 12.9. The van der Waals surface area contributed by atoms with Crippen LogP contribution < -0.4 is 4.90 Å². The number of carbonyl (C=O) groups is 1. The molecular formula is C18H16Cl2N4OS. The highest BCUT2D eigenvalue weighted by Gasteiger charge is 2.22. The Morgan fingerprint density at radius 3 is 2.69 bits per heavy atom. The lowest BCUT2D eigenvalue weighted by molar-refractivity contribution is 0.0981. The Morgan fingerprint density at radius 2 is 2.04 bits per heavy atom. The van der Waals surface area contributed by atoms with Gasteiger partial charge in [0.25, 0.3) is 5.91 Å². The van der Waals surface area contributed by atoms with Gasteiger partial charge >= 0.3 is 0 Å². The molecular weight excluding hydrogens is 391 g/mol. The standard InChI is InChI=1S/C18H16Cl2N4OS/c1-3-6-24(17(25)15-9-21-11(2)8-22-15)18-23-16(10-26-18)13-5-4-12(19)7-14(13)20/h4-5,7-10H,3,6H2,1-2H3. The smallest absolute Gasteiger partial charge is 0.280 e. The summed E-state index contributed by atoms with van der Waals surface area (Å²) in [7, 11) is 0. The van der Waals surface area contributed by atoms with Crippen molar-refractivity contribution in [2.24, 2.45) is 0 Å². The summed E-state index contributed by atoms with van der Waals surface area (Å²) in [5.41, 5.74) is 2.54. The van der Waals surface area contributed by atoms with Crippen LogP contribution in [-0.2, 0) is 0 Å². The molecule has 0 spiro atoms. The van der Waals surface area contributed by atoms with E-state index in [1.165, 1.54) is 17.5 Å². The van der Waals surface area contributed by atoms with E-state index in [1.807, 2.05) is 25.3 Å². The van der Waals surface area contributed by atoms with Crippen LogP contribution in [0.4, 0.5) is 5.13 Å². The monoisotopic (exact) mass is 406 g/mol. The predicted molar refractivity (Wildman–Crippen MR) is 106 cm³/mol. The van der Waals surface area contributed by atoms with Gasteiger partial charge in [0.15, 0.2) is 5.13 Å². The minimum Gasteiger partial charge on any atom is -0.283 e. The van der Waals surface area contributed by atoms with Gasteiger partial charge in [-0.1, -0.05) is 30.1 Å². The summed E-state index contributed by atoms with van der Waals surface area (Å²) in [5, 5.41) is 3.56. The van der Waals surface area contributed by atoms with Gasteiger partial charge in [-0.05, 0) is 31.5 Å². The summed E-state index contributed by atoms with van der Waals surface area (Å²) in [6.07, 6.45) is 3.87. The van der Waals surface area contributed by atoms with Gasteiger partial charge in [0, 0.05) is 28.7 Å². The fraction of sp³-hybridized carbons (Fsp3) is 0.222. The van der Waals surface area contributed by atoms with Crippen LogP contribution in [0.25, 0.3) is 11.3 Å². The topological polar surface area (TPSA) is 59.0 Å². The molecule has 5 nitrogen and oxygen atoms in total. The number of hydrogen-bond donors (Lipinski definition) is 0. The minimum atomic E-state index is -0.220. The fourth-order valence-electron chi connectivity index (χ4n) is 2.36. The molecule has 0 atom stereocenters. The Labute approximate surface area is 165 Å². The molecule has 0 saturated carbocycles. The van der Waals surface area contributed by atoms with Crippen LogP contribution in [0.2, 0.25) is 10.0 Å². The van der Waals surface area contributed by atoms with E-state index in [9.17, 15) is 4.79 Å². The molecule has 1 amide bonds. The zero-order chi connectivity index (χ0) is 18.7. The molecule has 0 unspecified atom stereocenters. The number of carbonyl (C=O) groups excluding carboxylic acids is 1. The Bertz CT molecular complexity index is 927. The lowest BCUT2D eigenvalue weighted by Crippen LogP contribution is -2.32. The number of nitrogens with zero attached hydrogens (tertiary/aromatic N) is 4. The third-order valence-electron chi connectivity index (χ3n) is 3.62. The van der Waals surface area contributed by atoms with Gasteiger partial charge in [-0.2, -0.15) is 0 Å². The van der Waals surface area contributed by atoms with E-state index in [2.05, 4.69) is 15.0 Å². The van der Waals surface area contributed by atoms with E-state index in [0.29, 0.717) is 33.1 Å². The van der Waals surface area contributed by atoms with Gasteiger partial charge in [0.2, 0.25) is 0 Å². The van der Waals surface area contributed by atoms with E-state index >= 15 is 0 Å². The van der Waals surface area contributed by atoms with Gasteiger partial charge < -0.3 is 0 Å². The number of hydrogen-bond acceptors (Lipinski definition) is 5. The van der Waals surface area contributed by atoms with Crippen LogP contribution in [0.15, 0.2) is 36.0 Å². The number of rotatable bonds is 5. The van der Waals surface area contributed by atoms with Crippen molar-refractivity contribution in [3.8, 4) is 11.3 Å². The van der Waals surface area contributed by atoms with Crippen LogP contribution in [0.1, 0.15) is 29.5 Å². The molecule has 0 fully saturated rings. The summed E-state index contributed by atoms with van der Waals surface area (Å²) in [6.45, 7) is 4.37. The highest BCUT2D eigenvalue weighted by Crippen LogP contribution is 2.33. The second-order valence-corrected chi connectivity index (χ2v) is 7.32. The van der Waals surface area contributed by atoms with Crippen molar-refractivity contribution < 1.29 is 4.79 Å². The van der Waals surface area contributed by atoms with Crippen LogP contribution in [0, 0.1) is 6.92 Å². The predicted octanol–water partition coefficient (Wildman–Crippen LogP) is 5.27. The molecule has 8 heteroatoms. The quantitative estimate of drug-likeness (QED) is 0.578. The number of thiazole rings is 1. The van der Waals surface area contributed by atoms with Crippen LogP contribution in [0.5, 0.6) is 0 Å². The van der Waals surface area contributed by atoms with Gasteiger partial charge in [-0.3, -0.25) is 14.7 Å². The van der Waals surface area contributed by atoms with Gasteiger partial charge in [0.05, 0.1) is 22.6 Å². The molecule has 26 heavy (non-hydrogen) atoms. The first-order valence-corrected chi connectivity index (χ1v) is 9.64. The molecule has 3 rings (SSSR count). The average Bonchev–Trinajstić information content (AvgIpc) is 3.09. The lowest BCUT2D eigenvalue weighted by Gasteiger charge is -2.18. The van der Waals surface area contributed by atoms with Crippen molar-refractivity contribution in [2.75, 3.05) is 11.4 Å². The second kappa shape index (κ2) is 8.12. The first kappa shape index (κ1) is 18.8. The van der Waals surface area contributed by atoms with E-state index in [4.69, 9.17) is 23.2 Å². The maximum Gasteiger partial charge on any atom is 0.280 e. The number of aromatic nitrogens is 3. The number of halogens is 2. The minimum absolute atomic E-state index is 0.220. The van der Waals surface area contributed by atoms with Gasteiger partial charge in [-0.15, -0.1) is 11.3 Å². The summed E-state index contributed by atoms with van der Waals surface area (Å²) < 4.78 is 0. The zero-order valence-corrected chi connectivity index (χ0v) is 16.6. The molecule has 0 bridgehead atoms. The van der Waals surface area contributed by atoms with Crippen LogP contribution >= 0.6 is 34.5 Å². The molecule has 0 N–H and O–H groups in total. The van der Waals surface area contributed by atoms with E-state index in [-0.39, 0.29) is 5.91 Å². The molecule has 1 aromatic carbocycles. The molecule has 0 saturated heterocycles. The van der Waals surface area contributed by atoms with Crippen molar-refractivity contribution in [1.29, 1.82) is 0 Å². The molecule has 0 radical (unpaired) electrons. The molecule has 0 aliphatic heterocycles. The van der Waals surface area contributed by atoms with Crippen molar-refractivity contribution >= 4 is 45.6 Å². The molecule has 134 valence electrons. The lowest BCUT2D eigenvalue weighted by atomic mass is 10.2. The van der Waals surface area contributed by atoms with E-state index in [1.54, 1.807) is 23.2 Å². The van der Waals surface area contributed by atoms with Crippen molar-refractivity contribution in [2.45, 2.75) is 20.3 Å². The van der Waals surface area contributed by atoms with Crippen molar-refractivity contribution in [1.82, 2.24) is 15.0 Å². The zero-order valence-electron chi connectivity index (χ0n) is 14.2. The Hall–Kier alpha value is -2.02. The molecule has 0 aliphatic rings. The van der Waals surface area contributed by atoms with Gasteiger partial charge in [0.1, 0.15) is 5.69 Å². The highest BCUT2D eigenvalue weighted by molar-refractivity contribution is 7.14. The summed E-state index contributed by atoms with van der Waals surface area (Å²) in [5.74, 6) is -0.220. The number of aryl methyl sites for hydroxylation is 1. The molecule has 3 aromatic rings.